The van der Waals surface area contributed by atoms with Crippen molar-refractivity contribution in [2.45, 2.75) is 13.3 Å². The normalized spacial score (nSPS) is 10.4. The lowest BCUT2D eigenvalue weighted by molar-refractivity contribution is 0.386. The number of hydrogen-bond acceptors (Lipinski definition) is 3. The van der Waals surface area contributed by atoms with Gasteiger partial charge < -0.3 is 10.1 Å². The number of hydrogen-bond donors (Lipinski definition) is 1. The first-order valence-corrected chi connectivity index (χ1v) is 7.08. The smallest absolute Gasteiger partial charge is 0.165 e. The van der Waals surface area contributed by atoms with E-state index in [1.165, 1.54) is 13.2 Å². The molecule has 2 rings (SSSR count). The second kappa shape index (κ2) is 6.70. The van der Waals surface area contributed by atoms with Crippen molar-refractivity contribution in [1.82, 2.24) is 4.98 Å². The lowest BCUT2D eigenvalue weighted by Crippen LogP contribution is -2.06. The zero-order valence-corrected chi connectivity index (χ0v) is 13.0. The maximum atomic E-state index is 13.5. The molecule has 3 nitrogen and oxygen atoms in total. The van der Waals surface area contributed by atoms with E-state index in [1.807, 2.05) is 19.1 Å². The fraction of sp³-hybridized carbons (Fsp3) is 0.267. The average Bonchev–Trinajstić information content (AvgIpc) is 2.43. The van der Waals surface area contributed by atoms with Crippen LogP contribution in [0.5, 0.6) is 5.75 Å². The number of benzene rings is 1. The van der Waals surface area contributed by atoms with Crippen LogP contribution in [0, 0.1) is 12.7 Å². The zero-order valence-electron chi connectivity index (χ0n) is 11.4. The van der Waals surface area contributed by atoms with E-state index in [-0.39, 0.29) is 11.6 Å². The van der Waals surface area contributed by atoms with Crippen LogP contribution in [-0.2, 0) is 6.42 Å². The van der Waals surface area contributed by atoms with Gasteiger partial charge >= 0.3 is 0 Å². The minimum atomic E-state index is -0.331. The van der Waals surface area contributed by atoms with Gasteiger partial charge in [-0.3, -0.25) is 0 Å². The molecule has 0 aliphatic carbocycles. The van der Waals surface area contributed by atoms with Crippen LogP contribution in [0.2, 0.25) is 0 Å². The van der Waals surface area contributed by atoms with E-state index < -0.39 is 0 Å². The molecule has 0 unspecified atom stereocenters. The predicted octanol–water partition coefficient (Wildman–Crippen LogP) is 3.95. The third-order valence-corrected chi connectivity index (χ3v) is 3.81. The third kappa shape index (κ3) is 3.70. The van der Waals surface area contributed by atoms with E-state index in [9.17, 15) is 4.39 Å². The summed E-state index contributed by atoms with van der Waals surface area (Å²) in [6, 6.07) is 6.98. The van der Waals surface area contributed by atoms with Crippen LogP contribution in [0.15, 0.2) is 34.9 Å². The van der Waals surface area contributed by atoms with E-state index in [0.717, 1.165) is 27.8 Å². The van der Waals surface area contributed by atoms with Crippen LogP contribution in [0.1, 0.15) is 11.1 Å². The van der Waals surface area contributed by atoms with Crippen molar-refractivity contribution >= 4 is 21.7 Å². The molecule has 0 atom stereocenters. The largest absolute Gasteiger partial charge is 0.494 e. The maximum Gasteiger partial charge on any atom is 0.165 e. The van der Waals surface area contributed by atoms with Crippen LogP contribution >= 0.6 is 15.9 Å². The number of nitrogens with one attached hydrogen (secondary N) is 1. The van der Waals surface area contributed by atoms with Gasteiger partial charge in [-0.25, -0.2) is 9.37 Å². The van der Waals surface area contributed by atoms with E-state index in [0.29, 0.717) is 6.54 Å². The molecule has 0 aliphatic rings. The van der Waals surface area contributed by atoms with Crippen LogP contribution in [-0.4, -0.2) is 18.6 Å². The first kappa shape index (κ1) is 14.8. The van der Waals surface area contributed by atoms with Gasteiger partial charge in [0.25, 0.3) is 0 Å². The van der Waals surface area contributed by atoms with E-state index in [1.54, 1.807) is 12.3 Å². The van der Waals surface area contributed by atoms with Gasteiger partial charge in [0.1, 0.15) is 5.82 Å². The molecule has 0 saturated carbocycles. The number of anilines is 1. The molecule has 2 aromatic rings. The molecule has 0 bridgehead atoms. The molecule has 1 aromatic carbocycles. The van der Waals surface area contributed by atoms with E-state index in [2.05, 4.69) is 26.2 Å². The predicted molar refractivity (Wildman–Crippen MR) is 81.8 cm³/mol. The Morgan fingerprint density at radius 1 is 1.35 bits per heavy atom. The number of nitrogens with zero attached hydrogens (tertiary/aromatic N) is 1. The number of ether oxygens (including phenoxy) is 1. The molecule has 5 heteroatoms. The summed E-state index contributed by atoms with van der Waals surface area (Å²) in [6.45, 7) is 2.70. The first-order chi connectivity index (χ1) is 9.60. The number of halogens is 2. The van der Waals surface area contributed by atoms with Crippen LogP contribution < -0.4 is 10.1 Å². The summed E-state index contributed by atoms with van der Waals surface area (Å²) < 4.78 is 19.4. The van der Waals surface area contributed by atoms with Crippen molar-refractivity contribution in [3.05, 3.63) is 51.9 Å². The van der Waals surface area contributed by atoms with Crippen molar-refractivity contribution in [1.29, 1.82) is 0 Å². The Bertz CT molecular complexity index is 604. The standard InChI is InChI=1S/C15H16BrFN2O/c1-10-7-15(19-9-12(10)16)18-6-5-11-3-4-14(20-2)13(17)8-11/h3-4,7-9H,5-6H2,1-2H3,(H,18,19). The van der Waals surface area contributed by atoms with E-state index in [4.69, 9.17) is 4.74 Å². The van der Waals surface area contributed by atoms with Gasteiger partial charge in [0.05, 0.1) is 7.11 Å². The minimum absolute atomic E-state index is 0.270. The highest BCUT2D eigenvalue weighted by Crippen LogP contribution is 2.19. The second-order valence-electron chi connectivity index (χ2n) is 4.46. The SMILES string of the molecule is COc1ccc(CCNc2cc(C)c(Br)cn2)cc1F. The molecular weight excluding hydrogens is 323 g/mol. The van der Waals surface area contributed by atoms with Crippen molar-refractivity contribution in [2.24, 2.45) is 0 Å². The molecule has 20 heavy (non-hydrogen) atoms. The number of aromatic nitrogens is 1. The van der Waals surface area contributed by atoms with Gasteiger partial charge in [-0.2, -0.15) is 0 Å². The Morgan fingerprint density at radius 3 is 2.80 bits per heavy atom. The molecule has 106 valence electrons. The molecule has 1 heterocycles. The minimum Gasteiger partial charge on any atom is -0.494 e. The molecule has 0 amide bonds. The highest BCUT2D eigenvalue weighted by molar-refractivity contribution is 9.10. The molecule has 0 radical (unpaired) electrons. The monoisotopic (exact) mass is 338 g/mol. The number of aryl methyl sites for hydroxylation is 1. The Balaban J connectivity index is 1.92. The van der Waals surface area contributed by atoms with Crippen molar-refractivity contribution < 1.29 is 9.13 Å². The fourth-order valence-electron chi connectivity index (χ4n) is 1.84. The summed E-state index contributed by atoms with van der Waals surface area (Å²) in [5.74, 6) is 0.759. The molecule has 1 aromatic heterocycles. The quantitative estimate of drug-likeness (QED) is 0.896. The van der Waals surface area contributed by atoms with Gasteiger partial charge in [-0.15, -0.1) is 0 Å². The van der Waals surface area contributed by atoms with E-state index >= 15 is 0 Å². The fourth-order valence-corrected chi connectivity index (χ4v) is 2.05. The third-order valence-electron chi connectivity index (χ3n) is 2.98. The molecule has 0 saturated heterocycles. The Kier molecular flexibility index (Phi) is 4.95. The first-order valence-electron chi connectivity index (χ1n) is 6.28. The maximum absolute atomic E-state index is 13.5. The molecule has 0 fully saturated rings. The number of pyridine rings is 1. The highest BCUT2D eigenvalue weighted by Gasteiger charge is 2.04. The molecule has 1 N–H and O–H groups in total. The second-order valence-corrected chi connectivity index (χ2v) is 5.32. The number of methoxy groups -OCH3 is 1. The van der Waals surface area contributed by atoms with Crippen molar-refractivity contribution in [3.63, 3.8) is 0 Å². The molecule has 0 spiro atoms. The van der Waals surface area contributed by atoms with Gasteiger partial charge in [0.2, 0.25) is 0 Å². The zero-order chi connectivity index (χ0) is 14.5. The van der Waals surface area contributed by atoms with Crippen LogP contribution in [0.4, 0.5) is 10.2 Å². The Hall–Kier alpha value is -1.62. The molecular formula is C15H16BrFN2O. The van der Waals surface area contributed by atoms with Gasteiger partial charge in [0, 0.05) is 17.2 Å². The van der Waals surface area contributed by atoms with Gasteiger partial charge in [0.15, 0.2) is 11.6 Å². The Labute approximate surface area is 126 Å². The van der Waals surface area contributed by atoms with Crippen molar-refractivity contribution in [3.8, 4) is 5.75 Å². The summed E-state index contributed by atoms with van der Waals surface area (Å²) in [5, 5.41) is 3.22. The van der Waals surface area contributed by atoms with Crippen LogP contribution in [0.25, 0.3) is 0 Å². The summed E-state index contributed by atoms with van der Waals surface area (Å²) >= 11 is 3.41. The molecule has 0 aliphatic heterocycles. The number of rotatable bonds is 5. The summed E-state index contributed by atoms with van der Waals surface area (Å²) in [5.41, 5.74) is 2.04. The summed E-state index contributed by atoms with van der Waals surface area (Å²) in [4.78, 5) is 4.26. The lowest BCUT2D eigenvalue weighted by atomic mass is 10.1. The Morgan fingerprint density at radius 2 is 2.15 bits per heavy atom. The van der Waals surface area contributed by atoms with Gasteiger partial charge in [-0.05, 0) is 58.6 Å². The van der Waals surface area contributed by atoms with Crippen LogP contribution in [0.3, 0.4) is 0 Å². The highest BCUT2D eigenvalue weighted by atomic mass is 79.9. The summed E-state index contributed by atoms with van der Waals surface area (Å²) in [7, 11) is 1.46. The van der Waals surface area contributed by atoms with Crippen molar-refractivity contribution in [2.75, 3.05) is 19.0 Å². The average molecular weight is 339 g/mol. The lowest BCUT2D eigenvalue weighted by Gasteiger charge is -2.08. The van der Waals surface area contributed by atoms with Gasteiger partial charge in [-0.1, -0.05) is 6.07 Å². The summed E-state index contributed by atoms with van der Waals surface area (Å²) in [6.07, 6.45) is 2.49. The topological polar surface area (TPSA) is 34.1 Å².